The summed E-state index contributed by atoms with van der Waals surface area (Å²) in [6.07, 6.45) is 4.00. The van der Waals surface area contributed by atoms with Crippen molar-refractivity contribution < 1.29 is 14.7 Å². The van der Waals surface area contributed by atoms with Crippen molar-refractivity contribution in [3.05, 3.63) is 77.4 Å². The number of nitrogens with one attached hydrogen (secondary N) is 1. The second-order valence-corrected chi connectivity index (χ2v) is 7.01. The number of aliphatic hydroxyl groups excluding tert-OH is 1. The van der Waals surface area contributed by atoms with Gasteiger partial charge in [-0.15, -0.1) is 0 Å². The van der Waals surface area contributed by atoms with Crippen LogP contribution < -0.4 is 5.32 Å². The van der Waals surface area contributed by atoms with Crippen LogP contribution in [0.15, 0.2) is 60.7 Å². The minimum absolute atomic E-state index is 0.0235. The molecule has 1 aliphatic rings. The second kappa shape index (κ2) is 8.85. The summed E-state index contributed by atoms with van der Waals surface area (Å²) < 4.78 is 0. The summed E-state index contributed by atoms with van der Waals surface area (Å²) in [5.74, 6) is -0.289. The van der Waals surface area contributed by atoms with E-state index in [-0.39, 0.29) is 36.4 Å². The van der Waals surface area contributed by atoms with Gasteiger partial charge in [0.15, 0.2) is 0 Å². The van der Waals surface area contributed by atoms with Crippen LogP contribution in [0.4, 0.5) is 0 Å². The third kappa shape index (κ3) is 3.99. The predicted octanol–water partition coefficient (Wildman–Crippen LogP) is 2.82. The molecule has 0 spiro atoms. The maximum atomic E-state index is 12.4. The third-order valence-electron chi connectivity index (χ3n) is 5.28. The molecule has 0 bridgehead atoms. The quantitative estimate of drug-likeness (QED) is 0.812. The smallest absolute Gasteiger partial charge is 0.251 e. The van der Waals surface area contributed by atoms with Crippen LogP contribution in [0.5, 0.6) is 0 Å². The first kappa shape index (κ1) is 19.8. The van der Waals surface area contributed by atoms with Gasteiger partial charge in [-0.05, 0) is 30.2 Å². The molecule has 1 fully saturated rings. The molecule has 3 rings (SSSR count). The fraction of sp³-hybridized carbons (Fsp3) is 0.304. The number of likely N-dealkylation sites (tertiary alicyclic amines) is 1. The molecule has 0 saturated carbocycles. The van der Waals surface area contributed by atoms with Crippen LogP contribution in [0.25, 0.3) is 6.08 Å². The zero-order valence-corrected chi connectivity index (χ0v) is 16.2. The first-order valence-corrected chi connectivity index (χ1v) is 9.52. The molecule has 28 heavy (non-hydrogen) atoms. The van der Waals surface area contributed by atoms with Crippen LogP contribution in [0.1, 0.15) is 41.3 Å². The zero-order chi connectivity index (χ0) is 20.1. The summed E-state index contributed by atoms with van der Waals surface area (Å²) in [6, 6.07) is 16.7. The van der Waals surface area contributed by atoms with Crippen LogP contribution in [0.2, 0.25) is 0 Å². The largest absolute Gasteiger partial charge is 0.394 e. The Labute approximate surface area is 165 Å². The van der Waals surface area contributed by atoms with Gasteiger partial charge in [-0.25, -0.2) is 0 Å². The van der Waals surface area contributed by atoms with Crippen molar-refractivity contribution in [3.8, 4) is 0 Å². The fourth-order valence-corrected chi connectivity index (χ4v) is 4.00. The number of allylic oxidation sites excluding steroid dienone is 1. The summed E-state index contributed by atoms with van der Waals surface area (Å²) in [5.41, 5.74) is 2.74. The van der Waals surface area contributed by atoms with Crippen molar-refractivity contribution in [1.29, 1.82) is 0 Å². The minimum atomic E-state index is -0.274. The molecule has 2 amide bonds. The second-order valence-electron chi connectivity index (χ2n) is 7.01. The summed E-state index contributed by atoms with van der Waals surface area (Å²) in [5, 5.41) is 12.8. The Morgan fingerprint density at radius 2 is 1.75 bits per heavy atom. The first-order chi connectivity index (χ1) is 13.6. The predicted molar refractivity (Wildman–Crippen MR) is 110 cm³/mol. The average Bonchev–Trinajstić information content (AvgIpc) is 2.69. The summed E-state index contributed by atoms with van der Waals surface area (Å²) in [7, 11) is 0. The number of hydrogen-bond donors (Lipinski definition) is 2. The highest BCUT2D eigenvalue weighted by Gasteiger charge is 2.49. The molecule has 2 aromatic rings. The van der Waals surface area contributed by atoms with Crippen molar-refractivity contribution in [2.45, 2.75) is 31.8 Å². The van der Waals surface area contributed by atoms with Gasteiger partial charge in [-0.2, -0.15) is 0 Å². The molecular formula is C23H26N2O3. The number of hydrogen-bond acceptors (Lipinski definition) is 3. The Balaban J connectivity index is 1.78. The van der Waals surface area contributed by atoms with Crippen LogP contribution >= 0.6 is 0 Å². The fourth-order valence-electron chi connectivity index (χ4n) is 4.00. The summed E-state index contributed by atoms with van der Waals surface area (Å²) in [6.45, 7) is 3.70. The molecule has 0 aromatic heterocycles. The van der Waals surface area contributed by atoms with Gasteiger partial charge in [0.25, 0.3) is 5.91 Å². The maximum Gasteiger partial charge on any atom is 0.251 e. The molecule has 1 heterocycles. The Kier molecular flexibility index (Phi) is 6.26. The zero-order valence-electron chi connectivity index (χ0n) is 16.2. The molecular weight excluding hydrogens is 352 g/mol. The molecule has 0 aliphatic carbocycles. The number of rotatable bonds is 6. The van der Waals surface area contributed by atoms with Crippen molar-refractivity contribution in [2.24, 2.45) is 0 Å². The minimum Gasteiger partial charge on any atom is -0.394 e. The van der Waals surface area contributed by atoms with Gasteiger partial charge < -0.3 is 15.3 Å². The SMILES string of the molecule is C/C=C/c1ccc([C@H]2[C@@H](CNC(=O)c3ccccc3)N(C(C)=O)[C@H]2CO)cc1. The molecule has 2 aromatic carbocycles. The number of carbonyl (C=O) groups excluding carboxylic acids is 2. The van der Waals surface area contributed by atoms with E-state index in [0.717, 1.165) is 11.1 Å². The van der Waals surface area contributed by atoms with E-state index >= 15 is 0 Å². The van der Waals surface area contributed by atoms with Crippen LogP contribution in [0, 0.1) is 0 Å². The Bertz CT molecular complexity index is 846. The molecule has 146 valence electrons. The lowest BCUT2D eigenvalue weighted by atomic mass is 9.75. The van der Waals surface area contributed by atoms with E-state index < -0.39 is 0 Å². The first-order valence-electron chi connectivity index (χ1n) is 9.52. The van der Waals surface area contributed by atoms with E-state index in [1.165, 1.54) is 6.92 Å². The van der Waals surface area contributed by atoms with E-state index in [0.29, 0.717) is 12.1 Å². The lowest BCUT2D eigenvalue weighted by Gasteiger charge is -2.54. The van der Waals surface area contributed by atoms with Gasteiger partial charge in [-0.1, -0.05) is 54.6 Å². The van der Waals surface area contributed by atoms with Gasteiger partial charge in [0, 0.05) is 24.9 Å². The van der Waals surface area contributed by atoms with E-state index in [1.54, 1.807) is 17.0 Å². The Morgan fingerprint density at radius 1 is 1.07 bits per heavy atom. The Hall–Kier alpha value is -2.92. The van der Waals surface area contributed by atoms with E-state index in [4.69, 9.17) is 0 Å². The van der Waals surface area contributed by atoms with Crippen molar-refractivity contribution in [2.75, 3.05) is 13.2 Å². The molecule has 5 nitrogen and oxygen atoms in total. The van der Waals surface area contributed by atoms with Gasteiger partial charge in [-0.3, -0.25) is 9.59 Å². The lowest BCUT2D eigenvalue weighted by molar-refractivity contribution is -0.147. The van der Waals surface area contributed by atoms with Crippen molar-refractivity contribution in [1.82, 2.24) is 10.2 Å². The number of nitrogens with zero attached hydrogens (tertiary/aromatic N) is 1. The molecule has 1 aliphatic heterocycles. The monoisotopic (exact) mass is 378 g/mol. The topological polar surface area (TPSA) is 69.6 Å². The highest BCUT2D eigenvalue weighted by atomic mass is 16.3. The Morgan fingerprint density at radius 3 is 2.32 bits per heavy atom. The van der Waals surface area contributed by atoms with E-state index in [2.05, 4.69) is 5.32 Å². The highest BCUT2D eigenvalue weighted by molar-refractivity contribution is 5.94. The number of benzene rings is 2. The van der Waals surface area contributed by atoms with E-state index in [1.807, 2.05) is 61.5 Å². The number of carbonyl (C=O) groups is 2. The average molecular weight is 378 g/mol. The van der Waals surface area contributed by atoms with Gasteiger partial charge in [0.05, 0.1) is 18.7 Å². The third-order valence-corrected chi connectivity index (χ3v) is 5.28. The number of aliphatic hydroxyl groups is 1. The summed E-state index contributed by atoms with van der Waals surface area (Å²) in [4.78, 5) is 26.2. The van der Waals surface area contributed by atoms with Crippen LogP contribution in [-0.4, -0.2) is 47.1 Å². The van der Waals surface area contributed by atoms with Crippen molar-refractivity contribution >= 4 is 17.9 Å². The van der Waals surface area contributed by atoms with Crippen LogP contribution in [0.3, 0.4) is 0 Å². The summed E-state index contributed by atoms with van der Waals surface area (Å²) >= 11 is 0. The van der Waals surface area contributed by atoms with E-state index in [9.17, 15) is 14.7 Å². The molecule has 5 heteroatoms. The van der Waals surface area contributed by atoms with Crippen LogP contribution in [-0.2, 0) is 4.79 Å². The van der Waals surface area contributed by atoms with Gasteiger partial charge in [0.2, 0.25) is 5.91 Å². The standard InChI is InChI=1S/C23H26N2O3/c1-3-7-17-10-12-18(13-11-17)22-20(25(16(2)27)21(22)15-26)14-24-23(28)19-8-5-4-6-9-19/h3-13,20-22,26H,14-15H2,1-2H3,(H,24,28)/b7-3+/t20-,21+,22+/m1/s1. The van der Waals surface area contributed by atoms with Crippen molar-refractivity contribution in [3.63, 3.8) is 0 Å². The highest BCUT2D eigenvalue weighted by Crippen LogP contribution is 2.40. The van der Waals surface area contributed by atoms with Gasteiger partial charge in [0.1, 0.15) is 0 Å². The molecule has 0 radical (unpaired) electrons. The normalized spacial score (nSPS) is 21.4. The maximum absolute atomic E-state index is 12.4. The lowest BCUT2D eigenvalue weighted by Crippen LogP contribution is -2.68. The molecule has 1 saturated heterocycles. The number of amides is 2. The molecule has 2 N–H and O–H groups in total. The van der Waals surface area contributed by atoms with Gasteiger partial charge >= 0.3 is 0 Å². The molecule has 0 unspecified atom stereocenters. The molecule has 3 atom stereocenters.